The molecule has 0 saturated heterocycles. The summed E-state index contributed by atoms with van der Waals surface area (Å²) in [5.41, 5.74) is 5.59. The molecule has 2 aromatic carbocycles. The Bertz CT molecular complexity index is 730. The van der Waals surface area contributed by atoms with Gasteiger partial charge in [0.2, 0.25) is 0 Å². The topological polar surface area (TPSA) is 186 Å². The van der Waals surface area contributed by atoms with Gasteiger partial charge in [0.1, 0.15) is 0 Å². The van der Waals surface area contributed by atoms with E-state index in [-0.39, 0.29) is 0 Å². The van der Waals surface area contributed by atoms with Crippen LogP contribution in [0.1, 0.15) is 0 Å². The van der Waals surface area contributed by atoms with Gasteiger partial charge in [-0.2, -0.15) is 0 Å². The molecule has 0 spiro atoms. The van der Waals surface area contributed by atoms with Crippen LogP contribution in [0.25, 0.3) is 22.3 Å². The molecule has 5 N–H and O–H groups in total. The van der Waals surface area contributed by atoms with Crippen LogP contribution in [0.2, 0.25) is 0 Å². The molecule has 3 rings (SSSR count). The van der Waals surface area contributed by atoms with Gasteiger partial charge in [-0.25, -0.2) is 0 Å². The van der Waals surface area contributed by atoms with E-state index < -0.39 is 41.7 Å². The molecule has 5 unspecified atom stereocenters. The molecule has 1 aliphatic carbocycles. The summed E-state index contributed by atoms with van der Waals surface area (Å²) in [5, 5.41) is 0. The Hall–Kier alpha value is -1.61. The van der Waals surface area contributed by atoms with Gasteiger partial charge in [-0.15, -0.1) is 24.5 Å². The minimum Gasteiger partial charge on any atom is -0.130 e. The van der Waals surface area contributed by atoms with Crippen LogP contribution in [0.4, 0.5) is 21.0 Å². The highest BCUT2D eigenvalue weighted by Crippen LogP contribution is 2.46. The summed E-state index contributed by atoms with van der Waals surface area (Å²) in [5.74, 6) is 0. The van der Waals surface area contributed by atoms with Gasteiger partial charge in [-0.3, -0.25) is 0 Å². The van der Waals surface area contributed by atoms with Crippen LogP contribution in [-0.4, -0.2) is 24.5 Å². The second-order valence-electron chi connectivity index (χ2n) is 4.22. The maximum absolute atomic E-state index is 10.1. The average molecular weight is 567 g/mol. The first kappa shape index (κ1) is 35.0. The summed E-state index contributed by atoms with van der Waals surface area (Å²) < 4.78 is 92.7. The van der Waals surface area contributed by atoms with Gasteiger partial charge in [-0.05, 0) is 22.3 Å². The Morgan fingerprint density at radius 3 is 0.594 bits per heavy atom. The highest BCUT2D eigenvalue weighted by atomic mass is 31.2. The van der Waals surface area contributed by atoms with Crippen LogP contribution in [0.15, 0.2) is 48.5 Å². The predicted molar refractivity (Wildman–Crippen MR) is 106 cm³/mol. The highest BCUT2D eigenvalue weighted by Gasteiger charge is 2.19. The van der Waals surface area contributed by atoms with Crippen molar-refractivity contribution in [2.75, 3.05) is 0 Å². The van der Waals surface area contributed by atoms with Crippen LogP contribution >= 0.6 is 41.7 Å². The Morgan fingerprint density at radius 1 is 0.406 bits per heavy atom. The van der Waals surface area contributed by atoms with Crippen LogP contribution in [-0.2, 0) is 22.8 Å². The van der Waals surface area contributed by atoms with Gasteiger partial charge >= 0.3 is 41.7 Å². The molecule has 0 radical (unpaired) electrons. The molecule has 5 atom stereocenters. The lowest BCUT2D eigenvalue weighted by Gasteiger charge is -2.22. The van der Waals surface area contributed by atoms with Crippen LogP contribution in [0.3, 0.4) is 0 Å². The number of halogens is 5. The van der Waals surface area contributed by atoms with Crippen molar-refractivity contribution < 1.29 is 68.3 Å². The van der Waals surface area contributed by atoms with Gasteiger partial charge in [-0.1, -0.05) is 48.5 Å². The summed E-state index contributed by atoms with van der Waals surface area (Å²) in [4.78, 5) is 34.5. The van der Waals surface area contributed by atoms with E-state index in [1.54, 1.807) is 0 Å². The van der Waals surface area contributed by atoms with E-state index in [9.17, 15) is 21.0 Å². The van der Waals surface area contributed by atoms with E-state index in [1.165, 1.54) is 22.3 Å². The van der Waals surface area contributed by atoms with Crippen molar-refractivity contribution >= 4 is 41.7 Å². The molecule has 0 heterocycles. The van der Waals surface area contributed by atoms with Crippen molar-refractivity contribution in [3.8, 4) is 22.3 Å². The smallest absolute Gasteiger partial charge is 0.130 e. The van der Waals surface area contributed by atoms with E-state index in [0.717, 1.165) is 0 Å². The fourth-order valence-electron chi connectivity index (χ4n) is 1.84. The molecule has 0 aliphatic heterocycles. The fraction of sp³-hybridized carbons (Fsp3) is 0. The monoisotopic (exact) mass is 567 g/mol. The molecule has 10 nitrogen and oxygen atoms in total. The van der Waals surface area contributed by atoms with Gasteiger partial charge in [0.15, 0.2) is 0 Å². The third-order valence-electron chi connectivity index (χ3n) is 2.43. The van der Waals surface area contributed by atoms with Crippen molar-refractivity contribution in [3.05, 3.63) is 48.5 Å². The number of benzene rings is 2. The second kappa shape index (κ2) is 21.2. The zero-order valence-electron chi connectivity index (χ0n) is 15.0. The first-order chi connectivity index (χ1) is 14.6. The van der Waals surface area contributed by atoms with Gasteiger partial charge in [0, 0.05) is 22.8 Å². The average Bonchev–Trinajstić information content (AvgIpc) is 2.57. The van der Waals surface area contributed by atoms with Crippen LogP contribution < -0.4 is 0 Å². The molecule has 0 amide bonds. The van der Waals surface area contributed by atoms with Gasteiger partial charge < -0.3 is 0 Å². The van der Waals surface area contributed by atoms with E-state index in [1.807, 2.05) is 0 Å². The predicted octanol–water partition coefficient (Wildman–Crippen LogP) is 6.36. The summed E-state index contributed by atoms with van der Waals surface area (Å²) in [6.45, 7) is 0. The largest absolute Gasteiger partial charge is 0.743 e. The van der Waals surface area contributed by atoms with Crippen molar-refractivity contribution in [1.29, 1.82) is 0 Å². The molecule has 0 aromatic heterocycles. The van der Waals surface area contributed by atoms with Crippen molar-refractivity contribution in [3.63, 3.8) is 0 Å². The lowest BCUT2D eigenvalue weighted by Crippen LogP contribution is -1.96. The molecule has 1 aliphatic rings. The summed E-state index contributed by atoms with van der Waals surface area (Å²) in [6.07, 6.45) is 0. The minimum absolute atomic E-state index is 1.40. The fourth-order valence-corrected chi connectivity index (χ4v) is 1.84. The van der Waals surface area contributed by atoms with Gasteiger partial charge in [0.25, 0.3) is 0 Å². The maximum atomic E-state index is 10.1. The molecule has 0 bridgehead atoms. The zero-order chi connectivity index (χ0) is 25.9. The standard InChI is InChI=1S/C12H8.5FO2P/c1-2-6-10-9(5-1)11-7-3-4-8-12(10)11;5*1-4(2)3/h1-8H;;;;;/p+5. The molecule has 176 valence electrons. The van der Waals surface area contributed by atoms with E-state index in [2.05, 4.69) is 48.5 Å². The molecule has 0 saturated carbocycles. The Labute approximate surface area is 181 Å². The number of hydrogen-bond donors (Lipinski definition) is 5. The van der Waals surface area contributed by atoms with E-state index >= 15 is 0 Å². The quantitative estimate of drug-likeness (QED) is 0.151. The Kier molecular flexibility index (Phi) is 23.2. The van der Waals surface area contributed by atoms with E-state index in [4.69, 9.17) is 47.3 Å². The summed E-state index contributed by atoms with van der Waals surface area (Å²) >= 11 is 0. The minimum atomic E-state index is -3.37. The zero-order valence-corrected chi connectivity index (χ0v) is 19.5. The summed E-state index contributed by atoms with van der Waals surface area (Å²) in [7, 11) is -16.9. The number of fused-ring (bicyclic) bond motifs is 4. The lowest BCUT2D eigenvalue weighted by molar-refractivity contribution is 0.458. The number of rotatable bonds is 0. The molecular weight excluding hydrogens is 554 g/mol. The van der Waals surface area contributed by atoms with Crippen LogP contribution in [0, 0.1) is 0 Å². The third kappa shape index (κ3) is 26.4. The first-order valence-electron chi connectivity index (χ1n) is 6.91. The third-order valence-corrected chi connectivity index (χ3v) is 2.43. The molecular formula is C12H13F5O10P5+5. The molecule has 0 fully saturated rings. The SMILES string of the molecule is O=[P+](O)F.O=[P+](O)F.O=[P+](O)F.O=[P+](O)F.O=[P+](O)F.c1ccc2c(c1)-c1ccccc1-2. The van der Waals surface area contributed by atoms with Crippen molar-refractivity contribution in [2.45, 2.75) is 0 Å². The van der Waals surface area contributed by atoms with Crippen LogP contribution in [0.5, 0.6) is 0 Å². The van der Waals surface area contributed by atoms with Crippen molar-refractivity contribution in [1.82, 2.24) is 0 Å². The number of hydrogen-bond acceptors (Lipinski definition) is 5. The Morgan fingerprint density at radius 2 is 0.500 bits per heavy atom. The van der Waals surface area contributed by atoms with E-state index in [0.29, 0.717) is 0 Å². The summed E-state index contributed by atoms with van der Waals surface area (Å²) in [6, 6.07) is 17.1. The second-order valence-corrected chi connectivity index (χ2v) is 6.48. The molecule has 32 heavy (non-hydrogen) atoms. The molecule has 20 heteroatoms. The highest BCUT2D eigenvalue weighted by molar-refractivity contribution is 7.32. The van der Waals surface area contributed by atoms with Crippen molar-refractivity contribution in [2.24, 2.45) is 0 Å². The first-order valence-corrected chi connectivity index (χ1v) is 12.4. The lowest BCUT2D eigenvalue weighted by atomic mass is 9.81. The normalized spacial score (nSPS) is 11.1. The maximum Gasteiger partial charge on any atom is 0.743 e. The molecule has 2 aromatic rings. The Balaban J connectivity index is -0.000000358. The van der Waals surface area contributed by atoms with Gasteiger partial charge in [0.05, 0.1) is 21.0 Å².